The van der Waals surface area contributed by atoms with Gasteiger partial charge in [0.25, 0.3) is 0 Å². The Morgan fingerprint density at radius 1 is 1.41 bits per heavy atom. The average molecular weight is 276 g/mol. The van der Waals surface area contributed by atoms with Gasteiger partial charge < -0.3 is 10.2 Å². The first kappa shape index (κ1) is 12.3. The van der Waals surface area contributed by atoms with Crippen LogP contribution < -0.4 is 5.32 Å². The van der Waals surface area contributed by atoms with Crippen molar-refractivity contribution in [3.63, 3.8) is 0 Å². The Hall–Kier alpha value is -1.14. The Kier molecular flexibility index (Phi) is 3.63. The van der Waals surface area contributed by atoms with Crippen molar-refractivity contribution in [3.05, 3.63) is 10.4 Å². The summed E-state index contributed by atoms with van der Waals surface area (Å²) in [5.41, 5.74) is 0. The third kappa shape index (κ3) is 2.95. The predicted molar refractivity (Wildman–Crippen MR) is 64.1 cm³/mol. The second-order valence-corrected chi connectivity index (χ2v) is 4.57. The maximum atomic E-state index is 11.3. The zero-order valence-electron chi connectivity index (χ0n) is 9.15. The molecule has 8 heteroatoms. The third-order valence-corrected chi connectivity index (χ3v) is 3.00. The molecular weight excluding hydrogens is 265 g/mol. The van der Waals surface area contributed by atoms with Gasteiger partial charge in [-0.05, 0) is 18.0 Å². The first-order valence-electron chi connectivity index (χ1n) is 5.12. The number of piperidine rings is 1. The second-order valence-electron chi connectivity index (χ2n) is 3.87. The van der Waals surface area contributed by atoms with Gasteiger partial charge in [0.05, 0.1) is 0 Å². The minimum absolute atomic E-state index is 0.0390. The van der Waals surface area contributed by atoms with Crippen LogP contribution in [0.4, 0.5) is 5.82 Å². The lowest BCUT2D eigenvalue weighted by atomic mass is 10.1. The summed E-state index contributed by atoms with van der Waals surface area (Å²) in [6.45, 7) is 0.608. The van der Waals surface area contributed by atoms with E-state index in [2.05, 4.69) is 20.5 Å². The third-order valence-electron chi connectivity index (χ3n) is 2.59. The van der Waals surface area contributed by atoms with Crippen molar-refractivity contribution in [2.75, 3.05) is 18.9 Å². The number of aromatic nitrogens is 3. The fraction of sp³-hybridized carbons (Fsp3) is 0.556. The van der Waals surface area contributed by atoms with Crippen LogP contribution >= 0.6 is 23.2 Å². The lowest BCUT2D eigenvalue weighted by Gasteiger charge is -2.30. The van der Waals surface area contributed by atoms with Gasteiger partial charge in [0, 0.05) is 26.1 Å². The fourth-order valence-electron chi connectivity index (χ4n) is 1.71. The van der Waals surface area contributed by atoms with Gasteiger partial charge in [-0.2, -0.15) is 4.98 Å². The molecule has 1 atom stereocenters. The van der Waals surface area contributed by atoms with Crippen LogP contribution in [0, 0.1) is 0 Å². The van der Waals surface area contributed by atoms with Crippen LogP contribution in [0.5, 0.6) is 0 Å². The summed E-state index contributed by atoms with van der Waals surface area (Å²) in [6, 6.07) is 0.1000. The minimum atomic E-state index is 0.0390. The van der Waals surface area contributed by atoms with E-state index < -0.39 is 0 Å². The van der Waals surface area contributed by atoms with Gasteiger partial charge in [-0.25, -0.2) is 0 Å². The zero-order chi connectivity index (χ0) is 12.4. The van der Waals surface area contributed by atoms with Gasteiger partial charge in [0.2, 0.25) is 11.2 Å². The molecule has 1 N–H and O–H groups in total. The van der Waals surface area contributed by atoms with Crippen molar-refractivity contribution in [2.24, 2.45) is 0 Å². The van der Waals surface area contributed by atoms with Crippen LogP contribution in [0.2, 0.25) is 10.4 Å². The molecule has 2 heterocycles. The van der Waals surface area contributed by atoms with Crippen LogP contribution in [0.25, 0.3) is 0 Å². The van der Waals surface area contributed by atoms with Crippen LogP contribution in [-0.2, 0) is 4.79 Å². The molecule has 1 saturated heterocycles. The molecule has 1 aromatic rings. The molecule has 2 rings (SSSR count). The van der Waals surface area contributed by atoms with Gasteiger partial charge in [0.1, 0.15) is 0 Å². The highest BCUT2D eigenvalue weighted by atomic mass is 35.5. The summed E-state index contributed by atoms with van der Waals surface area (Å²) >= 11 is 11.5. The molecule has 1 aromatic heterocycles. The largest absolute Gasteiger partial charge is 0.363 e. The van der Waals surface area contributed by atoms with Crippen molar-refractivity contribution in [2.45, 2.75) is 18.9 Å². The number of carbonyl (C=O) groups is 1. The highest BCUT2D eigenvalue weighted by Crippen LogP contribution is 2.20. The van der Waals surface area contributed by atoms with E-state index >= 15 is 0 Å². The molecule has 17 heavy (non-hydrogen) atoms. The molecule has 0 aliphatic carbocycles. The number of halogens is 2. The summed E-state index contributed by atoms with van der Waals surface area (Å²) in [4.78, 5) is 17.0. The van der Waals surface area contributed by atoms with Crippen molar-refractivity contribution in [3.8, 4) is 0 Å². The van der Waals surface area contributed by atoms with Crippen molar-refractivity contribution >= 4 is 34.9 Å². The second kappa shape index (κ2) is 5.01. The molecular formula is C9H11Cl2N5O. The van der Waals surface area contributed by atoms with Crippen molar-refractivity contribution in [1.29, 1.82) is 0 Å². The number of hydrogen-bond acceptors (Lipinski definition) is 5. The standard InChI is InChI=1S/C9H11Cl2N5O/c1-16-4-5(2-3-6(16)17)12-8-7(10)14-15-9(11)13-8/h5H,2-4H2,1H3,(H,12,13,15). The number of anilines is 1. The maximum Gasteiger partial charge on any atom is 0.245 e. The van der Waals surface area contributed by atoms with Gasteiger partial charge in [-0.1, -0.05) is 11.6 Å². The number of likely N-dealkylation sites (tertiary alicyclic amines) is 1. The van der Waals surface area contributed by atoms with E-state index in [9.17, 15) is 4.79 Å². The monoisotopic (exact) mass is 275 g/mol. The van der Waals surface area contributed by atoms with E-state index in [-0.39, 0.29) is 22.4 Å². The number of carbonyl (C=O) groups excluding carboxylic acids is 1. The summed E-state index contributed by atoms with van der Waals surface area (Å²) in [6.07, 6.45) is 1.25. The summed E-state index contributed by atoms with van der Waals surface area (Å²) in [5, 5.41) is 10.5. The van der Waals surface area contributed by atoms with Crippen LogP contribution in [0.15, 0.2) is 0 Å². The molecule has 0 saturated carbocycles. The van der Waals surface area contributed by atoms with E-state index in [0.717, 1.165) is 6.42 Å². The van der Waals surface area contributed by atoms with Crippen molar-refractivity contribution in [1.82, 2.24) is 20.1 Å². The number of amides is 1. The normalized spacial score (nSPS) is 20.5. The van der Waals surface area contributed by atoms with Crippen LogP contribution in [-0.4, -0.2) is 45.6 Å². The molecule has 1 amide bonds. The lowest BCUT2D eigenvalue weighted by molar-refractivity contribution is -0.132. The zero-order valence-corrected chi connectivity index (χ0v) is 10.7. The first-order chi connectivity index (χ1) is 8.06. The molecule has 6 nitrogen and oxygen atoms in total. The molecule has 0 radical (unpaired) electrons. The first-order valence-corrected chi connectivity index (χ1v) is 5.88. The SMILES string of the molecule is CN1CC(Nc2nc(Cl)nnc2Cl)CCC1=O. The van der Waals surface area contributed by atoms with Crippen molar-refractivity contribution < 1.29 is 4.79 Å². The van der Waals surface area contributed by atoms with Gasteiger partial charge in [-0.3, -0.25) is 4.79 Å². The number of nitrogens with zero attached hydrogens (tertiary/aromatic N) is 4. The van der Waals surface area contributed by atoms with E-state index in [1.165, 1.54) is 0 Å². The van der Waals surface area contributed by atoms with Gasteiger partial charge in [0.15, 0.2) is 11.0 Å². The van der Waals surface area contributed by atoms with Gasteiger partial charge in [-0.15, -0.1) is 10.2 Å². The topological polar surface area (TPSA) is 71.0 Å². The fourth-order valence-corrected chi connectivity index (χ4v) is 1.97. The Balaban J connectivity index is 2.06. The van der Waals surface area contributed by atoms with Crippen LogP contribution in [0.1, 0.15) is 12.8 Å². The Bertz CT molecular complexity index is 441. The molecule has 1 fully saturated rings. The number of rotatable bonds is 2. The van der Waals surface area contributed by atoms with Crippen LogP contribution in [0.3, 0.4) is 0 Å². The Labute approximate surface area is 108 Å². The highest BCUT2D eigenvalue weighted by molar-refractivity contribution is 6.32. The molecule has 0 aromatic carbocycles. The molecule has 1 aliphatic rings. The van der Waals surface area contributed by atoms with E-state index in [4.69, 9.17) is 23.2 Å². The van der Waals surface area contributed by atoms with E-state index in [1.807, 2.05) is 0 Å². The van der Waals surface area contributed by atoms with E-state index in [0.29, 0.717) is 18.8 Å². The maximum absolute atomic E-state index is 11.3. The molecule has 92 valence electrons. The quantitative estimate of drug-likeness (QED) is 0.879. The minimum Gasteiger partial charge on any atom is -0.363 e. The Morgan fingerprint density at radius 3 is 2.88 bits per heavy atom. The smallest absolute Gasteiger partial charge is 0.245 e. The lowest BCUT2D eigenvalue weighted by Crippen LogP contribution is -2.43. The average Bonchev–Trinajstić information content (AvgIpc) is 2.29. The van der Waals surface area contributed by atoms with E-state index in [1.54, 1.807) is 11.9 Å². The molecule has 1 unspecified atom stereocenters. The number of likely N-dealkylation sites (N-methyl/N-ethyl adjacent to an activating group) is 1. The highest BCUT2D eigenvalue weighted by Gasteiger charge is 2.23. The number of nitrogens with one attached hydrogen (secondary N) is 1. The molecule has 0 spiro atoms. The molecule has 1 aliphatic heterocycles. The summed E-state index contributed by atoms with van der Waals surface area (Å²) < 4.78 is 0. The molecule has 0 bridgehead atoms. The Morgan fingerprint density at radius 2 is 2.18 bits per heavy atom. The summed E-state index contributed by atoms with van der Waals surface area (Å²) in [7, 11) is 1.77. The van der Waals surface area contributed by atoms with Gasteiger partial charge >= 0.3 is 0 Å². The predicted octanol–water partition coefficient (Wildman–Crippen LogP) is 1.21. The number of hydrogen-bond donors (Lipinski definition) is 1. The summed E-state index contributed by atoms with van der Waals surface area (Å²) in [5.74, 6) is 0.549.